The van der Waals surface area contributed by atoms with Gasteiger partial charge >= 0.3 is 0 Å². The molecule has 0 radical (unpaired) electrons. The van der Waals surface area contributed by atoms with Crippen molar-refractivity contribution in [3.8, 4) is 39.5 Å². The summed E-state index contributed by atoms with van der Waals surface area (Å²) in [5.74, 6) is 1.28. The van der Waals surface area contributed by atoms with E-state index in [9.17, 15) is 0 Å². The number of aryl methyl sites for hydroxylation is 1. The summed E-state index contributed by atoms with van der Waals surface area (Å²) in [6, 6.07) is 20.3. The third-order valence-corrected chi connectivity index (χ3v) is 11.9. The molecule has 2 aliphatic rings. The lowest BCUT2D eigenvalue weighted by Crippen LogP contribution is -2.68. The molecule has 2 aromatic carbocycles. The standard InChI is InChI=1S/C38H47N5/c1-11-20-38(9)37(7,8)41-21-19-29(27-15-13-12-14-16-27)34(41)33-24-40(25-42(33)38)28-17-18-30-31(22-28)35(3,4)36(5,6)43-26(2)39(10)23-32(30)43/h12-19,21-25H,11,20H2,1-10H3/q+2. The van der Waals surface area contributed by atoms with Gasteiger partial charge in [0, 0.05) is 29.7 Å². The molecule has 2 aliphatic heterocycles. The number of imidazole rings is 2. The third kappa shape index (κ3) is 3.45. The highest BCUT2D eigenvalue weighted by Gasteiger charge is 2.54. The second kappa shape index (κ2) is 8.84. The van der Waals surface area contributed by atoms with Crippen molar-refractivity contribution in [2.75, 3.05) is 0 Å². The van der Waals surface area contributed by atoms with Gasteiger partial charge in [-0.15, -0.1) is 0 Å². The van der Waals surface area contributed by atoms with Crippen LogP contribution in [0.2, 0.25) is 0 Å². The van der Waals surface area contributed by atoms with Crippen molar-refractivity contribution in [3.05, 3.63) is 90.9 Å². The molecule has 5 nitrogen and oxygen atoms in total. The zero-order valence-electron chi connectivity index (χ0n) is 27.7. The van der Waals surface area contributed by atoms with E-state index >= 15 is 0 Å². The van der Waals surface area contributed by atoms with Crippen LogP contribution in [0, 0.1) is 6.92 Å². The first-order valence-corrected chi connectivity index (χ1v) is 15.9. The van der Waals surface area contributed by atoms with Gasteiger partial charge in [-0.25, -0.2) is 18.3 Å². The van der Waals surface area contributed by atoms with Crippen molar-refractivity contribution in [1.29, 1.82) is 0 Å². The molecule has 0 spiro atoms. The molecule has 0 amide bonds. The number of benzene rings is 2. The molecule has 5 heteroatoms. The number of hydrogen-bond acceptors (Lipinski definition) is 0. The number of aromatic nitrogens is 5. The Morgan fingerprint density at radius 2 is 1.56 bits per heavy atom. The summed E-state index contributed by atoms with van der Waals surface area (Å²) in [5, 5.41) is 0. The Morgan fingerprint density at radius 1 is 0.837 bits per heavy atom. The summed E-state index contributed by atoms with van der Waals surface area (Å²) in [6.45, 7) is 21.4. The highest BCUT2D eigenvalue weighted by molar-refractivity contribution is 5.80. The van der Waals surface area contributed by atoms with Crippen LogP contribution in [0.3, 0.4) is 0 Å². The largest absolute Gasteiger partial charge is 0.334 e. The van der Waals surface area contributed by atoms with Gasteiger partial charge in [0.15, 0.2) is 11.4 Å². The maximum absolute atomic E-state index is 2.58. The van der Waals surface area contributed by atoms with Crippen LogP contribution in [-0.4, -0.2) is 13.7 Å². The minimum atomic E-state index is -0.115. The summed E-state index contributed by atoms with van der Waals surface area (Å²) in [6.07, 6.45) is 11.6. The molecule has 0 N–H and O–H groups in total. The molecule has 0 aliphatic carbocycles. The lowest BCUT2D eigenvalue weighted by Gasteiger charge is -2.47. The monoisotopic (exact) mass is 573 g/mol. The second-order valence-corrected chi connectivity index (χ2v) is 14.7. The lowest BCUT2D eigenvalue weighted by atomic mass is 9.65. The van der Waals surface area contributed by atoms with Crippen molar-refractivity contribution in [1.82, 2.24) is 13.7 Å². The van der Waals surface area contributed by atoms with Crippen molar-refractivity contribution < 1.29 is 9.13 Å². The van der Waals surface area contributed by atoms with Gasteiger partial charge in [-0.2, -0.15) is 0 Å². The van der Waals surface area contributed by atoms with Crippen molar-refractivity contribution in [3.63, 3.8) is 0 Å². The van der Waals surface area contributed by atoms with E-state index in [0.717, 1.165) is 12.8 Å². The minimum absolute atomic E-state index is 0.0735. The van der Waals surface area contributed by atoms with Crippen molar-refractivity contribution in [2.24, 2.45) is 7.05 Å². The summed E-state index contributed by atoms with van der Waals surface area (Å²) < 4.78 is 12.3. The Morgan fingerprint density at radius 3 is 2.26 bits per heavy atom. The summed E-state index contributed by atoms with van der Waals surface area (Å²) >= 11 is 0. The van der Waals surface area contributed by atoms with Crippen molar-refractivity contribution >= 4 is 0 Å². The van der Waals surface area contributed by atoms with Crippen LogP contribution in [0.25, 0.3) is 39.5 Å². The Labute approximate surface area is 257 Å². The van der Waals surface area contributed by atoms with Gasteiger partial charge in [0.2, 0.25) is 6.33 Å². The van der Waals surface area contributed by atoms with Crippen LogP contribution >= 0.6 is 0 Å². The van der Waals surface area contributed by atoms with Crippen LogP contribution in [0.5, 0.6) is 0 Å². The van der Waals surface area contributed by atoms with Crippen molar-refractivity contribution in [2.45, 2.75) is 97.2 Å². The molecular formula is C38H47N5+2. The van der Waals surface area contributed by atoms with Crippen LogP contribution in [0.1, 0.15) is 79.6 Å². The molecule has 3 aromatic heterocycles. The average molecular weight is 574 g/mol. The average Bonchev–Trinajstić information content (AvgIpc) is 3.68. The van der Waals surface area contributed by atoms with Gasteiger partial charge in [-0.1, -0.05) is 57.5 Å². The molecule has 43 heavy (non-hydrogen) atoms. The summed E-state index contributed by atoms with van der Waals surface area (Å²) in [5.41, 5.74) is 10.00. The SMILES string of the molecule is CCCC1(C)[n+]2cn(-c3ccc4c(c3)C(C)(C)C(C)(C)n3c-4c[n+](C)c3C)cc2-c2c(-c3ccccc3)ccn2C1(C)C. The van der Waals surface area contributed by atoms with Crippen LogP contribution < -0.4 is 9.13 Å². The third-order valence-electron chi connectivity index (χ3n) is 11.9. The molecule has 5 heterocycles. The van der Waals surface area contributed by atoms with E-state index in [1.807, 2.05) is 0 Å². The molecule has 5 aromatic rings. The Kier molecular flexibility index (Phi) is 5.75. The van der Waals surface area contributed by atoms with E-state index in [1.165, 1.54) is 50.8 Å². The number of rotatable bonds is 4. The van der Waals surface area contributed by atoms with Gasteiger partial charge in [-0.05, 0) is 76.4 Å². The molecule has 7 rings (SSSR count). The van der Waals surface area contributed by atoms with Gasteiger partial charge in [0.05, 0.1) is 12.6 Å². The van der Waals surface area contributed by atoms with Gasteiger partial charge in [0.25, 0.3) is 5.82 Å². The minimum Gasteiger partial charge on any atom is -0.334 e. The first-order valence-electron chi connectivity index (χ1n) is 15.9. The zero-order valence-corrected chi connectivity index (χ0v) is 27.7. The summed E-state index contributed by atoms with van der Waals surface area (Å²) in [7, 11) is 2.16. The van der Waals surface area contributed by atoms with Gasteiger partial charge in [0.1, 0.15) is 34.9 Å². The van der Waals surface area contributed by atoms with E-state index in [0.29, 0.717) is 0 Å². The molecule has 0 bridgehead atoms. The molecule has 1 unspecified atom stereocenters. The maximum Gasteiger partial charge on any atom is 0.253 e. The van der Waals surface area contributed by atoms with E-state index in [1.54, 1.807) is 0 Å². The zero-order chi connectivity index (χ0) is 30.7. The fraction of sp³-hybridized carbons (Fsp3) is 0.421. The summed E-state index contributed by atoms with van der Waals surface area (Å²) in [4.78, 5) is 0. The highest BCUT2D eigenvalue weighted by atomic mass is 15.3. The fourth-order valence-corrected chi connectivity index (χ4v) is 8.21. The van der Waals surface area contributed by atoms with E-state index in [2.05, 4.69) is 172 Å². The van der Waals surface area contributed by atoms with E-state index in [-0.39, 0.29) is 22.0 Å². The van der Waals surface area contributed by atoms with Gasteiger partial charge in [-0.3, -0.25) is 0 Å². The van der Waals surface area contributed by atoms with Crippen LogP contribution in [0.4, 0.5) is 0 Å². The lowest BCUT2D eigenvalue weighted by molar-refractivity contribution is -0.768. The van der Waals surface area contributed by atoms with E-state index < -0.39 is 0 Å². The first kappa shape index (κ1) is 27.9. The molecule has 222 valence electrons. The molecular weight excluding hydrogens is 526 g/mol. The van der Waals surface area contributed by atoms with Gasteiger partial charge < -0.3 is 4.57 Å². The smallest absolute Gasteiger partial charge is 0.253 e. The maximum atomic E-state index is 2.58. The van der Waals surface area contributed by atoms with Crippen LogP contribution in [-0.2, 0) is 29.1 Å². The Balaban J connectivity index is 1.46. The topological polar surface area (TPSA) is 22.5 Å². The first-order chi connectivity index (χ1) is 20.3. The predicted molar refractivity (Wildman–Crippen MR) is 174 cm³/mol. The Bertz CT molecular complexity index is 1890. The number of fused-ring (bicyclic) bond motifs is 6. The van der Waals surface area contributed by atoms with E-state index in [4.69, 9.17) is 0 Å². The predicted octanol–water partition coefficient (Wildman–Crippen LogP) is 7.79. The quantitative estimate of drug-likeness (QED) is 0.196. The highest BCUT2D eigenvalue weighted by Crippen LogP contribution is 2.51. The number of nitrogens with zero attached hydrogens (tertiary/aromatic N) is 5. The number of hydrogen-bond donors (Lipinski definition) is 0. The molecule has 0 saturated carbocycles. The fourth-order valence-electron chi connectivity index (χ4n) is 8.21. The second-order valence-electron chi connectivity index (χ2n) is 14.7. The van der Waals surface area contributed by atoms with Crippen LogP contribution in [0.15, 0.2) is 79.5 Å². The Hall–Kier alpha value is -3.86. The molecule has 1 atom stereocenters. The normalized spacial score (nSPS) is 20.7. The molecule has 0 saturated heterocycles. The molecule has 0 fully saturated rings.